The Morgan fingerprint density at radius 2 is 2.18 bits per heavy atom. The van der Waals surface area contributed by atoms with Crippen LogP contribution in [0.25, 0.3) is 0 Å². The highest BCUT2D eigenvalue weighted by molar-refractivity contribution is 5.44. The normalized spacial score (nSPS) is 22.6. The predicted molar refractivity (Wildman–Crippen MR) is 73.8 cm³/mol. The van der Waals surface area contributed by atoms with Gasteiger partial charge in [0.05, 0.1) is 11.5 Å². The van der Waals surface area contributed by atoms with Crippen molar-refractivity contribution in [2.45, 2.75) is 31.7 Å². The SMILES string of the molecule is CCN=C=NC1(CCCN(C)C)C=CC=CC1. The predicted octanol–water partition coefficient (Wildman–Crippen LogP) is 2.78. The summed E-state index contributed by atoms with van der Waals surface area (Å²) in [6, 6.07) is 2.83. The Morgan fingerprint density at radius 1 is 1.35 bits per heavy atom. The first-order chi connectivity index (χ1) is 8.18. The molecule has 1 atom stereocenters. The maximum atomic E-state index is 4.53. The summed E-state index contributed by atoms with van der Waals surface area (Å²) in [6.07, 6.45) is 11.7. The Hall–Kier alpha value is -1.18. The molecule has 1 aliphatic rings. The van der Waals surface area contributed by atoms with Gasteiger partial charge in [0.25, 0.3) is 0 Å². The van der Waals surface area contributed by atoms with Crippen LogP contribution in [0.3, 0.4) is 0 Å². The van der Waals surface area contributed by atoms with E-state index in [1.54, 1.807) is 0 Å². The zero-order valence-electron chi connectivity index (χ0n) is 11.2. The molecule has 1 rings (SSSR count). The molecule has 0 fully saturated rings. The zero-order valence-corrected chi connectivity index (χ0v) is 11.2. The summed E-state index contributed by atoms with van der Waals surface area (Å²) in [5.41, 5.74) is -0.108. The van der Waals surface area contributed by atoms with Crippen molar-refractivity contribution in [1.29, 1.82) is 0 Å². The van der Waals surface area contributed by atoms with Crippen LogP contribution < -0.4 is 0 Å². The third-order valence-electron chi connectivity index (χ3n) is 2.84. The Kier molecular flexibility index (Phi) is 5.88. The second-order valence-corrected chi connectivity index (χ2v) is 4.69. The van der Waals surface area contributed by atoms with Gasteiger partial charge >= 0.3 is 0 Å². The van der Waals surface area contributed by atoms with Gasteiger partial charge < -0.3 is 4.90 Å². The van der Waals surface area contributed by atoms with Gasteiger partial charge in [0.1, 0.15) is 0 Å². The topological polar surface area (TPSA) is 28.0 Å². The monoisotopic (exact) mass is 233 g/mol. The second kappa shape index (κ2) is 7.21. The average Bonchev–Trinajstić information content (AvgIpc) is 2.30. The van der Waals surface area contributed by atoms with Gasteiger partial charge in [0.15, 0.2) is 0 Å². The molecular formula is C14H23N3. The van der Waals surface area contributed by atoms with Crippen molar-refractivity contribution in [2.24, 2.45) is 9.98 Å². The Balaban J connectivity index is 2.63. The molecule has 0 heterocycles. The first kappa shape index (κ1) is 13.9. The Bertz CT molecular complexity index is 335. The van der Waals surface area contributed by atoms with Crippen LogP contribution in [0.4, 0.5) is 0 Å². The number of hydrogen-bond donors (Lipinski definition) is 0. The molecule has 0 bridgehead atoms. The van der Waals surface area contributed by atoms with Crippen molar-refractivity contribution < 1.29 is 0 Å². The van der Waals surface area contributed by atoms with Crippen molar-refractivity contribution in [3.63, 3.8) is 0 Å². The van der Waals surface area contributed by atoms with Gasteiger partial charge in [0.2, 0.25) is 0 Å². The highest BCUT2D eigenvalue weighted by Crippen LogP contribution is 2.27. The summed E-state index contributed by atoms with van der Waals surface area (Å²) in [4.78, 5) is 10.8. The van der Waals surface area contributed by atoms with Crippen LogP contribution in [-0.4, -0.2) is 43.6 Å². The highest BCUT2D eigenvalue weighted by atomic mass is 15.0. The van der Waals surface area contributed by atoms with Crippen LogP contribution >= 0.6 is 0 Å². The van der Waals surface area contributed by atoms with Gasteiger partial charge in [-0.2, -0.15) is 0 Å². The fourth-order valence-corrected chi connectivity index (χ4v) is 1.88. The van der Waals surface area contributed by atoms with Gasteiger partial charge in [-0.05, 0) is 46.8 Å². The molecule has 0 saturated heterocycles. The van der Waals surface area contributed by atoms with E-state index in [1.165, 1.54) is 0 Å². The molecule has 17 heavy (non-hydrogen) atoms. The van der Waals surface area contributed by atoms with E-state index >= 15 is 0 Å². The van der Waals surface area contributed by atoms with E-state index in [0.717, 1.165) is 32.4 Å². The van der Waals surface area contributed by atoms with E-state index in [9.17, 15) is 0 Å². The highest BCUT2D eigenvalue weighted by Gasteiger charge is 2.25. The molecule has 0 saturated carbocycles. The average molecular weight is 233 g/mol. The molecule has 1 unspecified atom stereocenters. The van der Waals surface area contributed by atoms with Crippen molar-refractivity contribution >= 4 is 6.01 Å². The summed E-state index contributed by atoms with van der Waals surface area (Å²) < 4.78 is 0. The van der Waals surface area contributed by atoms with Crippen LogP contribution in [0, 0.1) is 0 Å². The van der Waals surface area contributed by atoms with Crippen molar-refractivity contribution in [3.05, 3.63) is 24.3 Å². The standard InChI is InChI=1S/C14H23N3/c1-4-15-13-16-14(9-6-5-7-10-14)11-8-12-17(2)3/h5-7,9H,4,8,10-12H2,1-3H3. The van der Waals surface area contributed by atoms with E-state index < -0.39 is 0 Å². The molecule has 3 nitrogen and oxygen atoms in total. The lowest BCUT2D eigenvalue weighted by Crippen LogP contribution is -2.26. The van der Waals surface area contributed by atoms with Crippen molar-refractivity contribution in [1.82, 2.24) is 4.90 Å². The number of hydrogen-bond acceptors (Lipinski definition) is 3. The maximum Gasteiger partial charge on any atom is 0.0935 e. The molecule has 0 amide bonds. The van der Waals surface area contributed by atoms with E-state index in [1.807, 2.05) is 6.92 Å². The summed E-state index contributed by atoms with van der Waals surface area (Å²) in [5, 5.41) is 0. The van der Waals surface area contributed by atoms with Crippen LogP contribution in [0.1, 0.15) is 26.2 Å². The molecule has 1 aliphatic carbocycles. The molecule has 0 aromatic carbocycles. The smallest absolute Gasteiger partial charge is 0.0935 e. The molecule has 0 N–H and O–H groups in total. The maximum absolute atomic E-state index is 4.53. The lowest BCUT2D eigenvalue weighted by atomic mass is 9.87. The summed E-state index contributed by atoms with van der Waals surface area (Å²) in [6.45, 7) is 3.84. The summed E-state index contributed by atoms with van der Waals surface area (Å²) in [7, 11) is 4.20. The minimum absolute atomic E-state index is 0.108. The largest absolute Gasteiger partial charge is 0.309 e. The van der Waals surface area contributed by atoms with Gasteiger partial charge in [-0.25, -0.2) is 9.98 Å². The van der Waals surface area contributed by atoms with Crippen LogP contribution in [0.5, 0.6) is 0 Å². The number of nitrogens with zero attached hydrogens (tertiary/aromatic N) is 3. The van der Waals surface area contributed by atoms with Gasteiger partial charge in [-0.15, -0.1) is 0 Å². The zero-order chi connectivity index (χ0) is 12.6. The van der Waals surface area contributed by atoms with E-state index in [-0.39, 0.29) is 5.54 Å². The van der Waals surface area contributed by atoms with Gasteiger partial charge in [0, 0.05) is 6.54 Å². The van der Waals surface area contributed by atoms with Crippen molar-refractivity contribution in [2.75, 3.05) is 27.2 Å². The van der Waals surface area contributed by atoms with Crippen LogP contribution in [0.15, 0.2) is 34.3 Å². The van der Waals surface area contributed by atoms with E-state index in [0.29, 0.717) is 0 Å². The lowest BCUT2D eigenvalue weighted by Gasteiger charge is -2.26. The Labute approximate surface area is 105 Å². The number of rotatable bonds is 6. The molecule has 3 heteroatoms. The molecule has 0 radical (unpaired) electrons. The minimum atomic E-state index is -0.108. The third-order valence-corrected chi connectivity index (χ3v) is 2.84. The van der Waals surface area contributed by atoms with Gasteiger partial charge in [-0.3, -0.25) is 0 Å². The number of aliphatic imine (C=N–C) groups is 2. The third kappa shape index (κ3) is 5.12. The molecule has 94 valence electrons. The first-order valence-corrected chi connectivity index (χ1v) is 6.31. The summed E-state index contributed by atoms with van der Waals surface area (Å²) in [5.74, 6) is 0. The van der Waals surface area contributed by atoms with E-state index in [4.69, 9.17) is 0 Å². The molecule has 0 spiro atoms. The van der Waals surface area contributed by atoms with Crippen LogP contribution in [0.2, 0.25) is 0 Å². The summed E-state index contributed by atoms with van der Waals surface area (Å²) >= 11 is 0. The molecule has 0 aromatic rings. The fraction of sp³-hybridized carbons (Fsp3) is 0.643. The van der Waals surface area contributed by atoms with Crippen LogP contribution in [-0.2, 0) is 0 Å². The molecular weight excluding hydrogens is 210 g/mol. The van der Waals surface area contributed by atoms with Crippen molar-refractivity contribution in [3.8, 4) is 0 Å². The minimum Gasteiger partial charge on any atom is -0.309 e. The quantitative estimate of drug-likeness (QED) is 0.648. The Morgan fingerprint density at radius 3 is 2.76 bits per heavy atom. The second-order valence-electron chi connectivity index (χ2n) is 4.69. The fourth-order valence-electron chi connectivity index (χ4n) is 1.88. The lowest BCUT2D eigenvalue weighted by molar-refractivity contribution is 0.366. The number of allylic oxidation sites excluding steroid dienone is 2. The first-order valence-electron chi connectivity index (χ1n) is 6.31. The molecule has 0 aromatic heterocycles. The molecule has 0 aliphatic heterocycles. The van der Waals surface area contributed by atoms with E-state index in [2.05, 4.69) is 59.3 Å². The van der Waals surface area contributed by atoms with Gasteiger partial charge in [-0.1, -0.05) is 24.3 Å².